The lowest BCUT2D eigenvalue weighted by molar-refractivity contribution is -0.146. The number of carbonyl (C=O) groups excluding carboxylic acids is 1. The molecule has 4 nitrogen and oxygen atoms in total. The summed E-state index contributed by atoms with van der Waals surface area (Å²) < 4.78 is 6.25. The highest BCUT2D eigenvalue weighted by atomic mass is 79.9. The van der Waals surface area contributed by atoms with Crippen molar-refractivity contribution in [2.24, 2.45) is 5.16 Å². The van der Waals surface area contributed by atoms with E-state index >= 15 is 0 Å². The summed E-state index contributed by atoms with van der Waals surface area (Å²) >= 11 is 3.36. The van der Waals surface area contributed by atoms with E-state index in [1.165, 1.54) is 0 Å². The molecule has 0 aliphatic heterocycles. The van der Waals surface area contributed by atoms with Crippen LogP contribution >= 0.6 is 15.9 Å². The molecule has 21 heavy (non-hydrogen) atoms. The Labute approximate surface area is 131 Å². The molecule has 0 heterocycles. The topological polar surface area (TPSA) is 47.9 Å². The van der Waals surface area contributed by atoms with Gasteiger partial charge in [-0.15, -0.1) is 0 Å². The van der Waals surface area contributed by atoms with Gasteiger partial charge in [0.05, 0.1) is 5.71 Å². The van der Waals surface area contributed by atoms with Crippen molar-refractivity contribution in [2.45, 2.75) is 6.92 Å². The summed E-state index contributed by atoms with van der Waals surface area (Å²) in [5.41, 5.74) is 1.51. The summed E-state index contributed by atoms with van der Waals surface area (Å²) in [4.78, 5) is 16.4. The van der Waals surface area contributed by atoms with E-state index in [-0.39, 0.29) is 6.61 Å². The number of oxime groups is 1. The predicted octanol–water partition coefficient (Wildman–Crippen LogP) is 3.80. The van der Waals surface area contributed by atoms with E-state index in [9.17, 15) is 4.79 Å². The average molecular weight is 348 g/mol. The van der Waals surface area contributed by atoms with Crippen LogP contribution in [-0.2, 0) is 9.63 Å². The van der Waals surface area contributed by atoms with E-state index in [0.717, 1.165) is 10.0 Å². The molecular weight excluding hydrogens is 334 g/mol. The van der Waals surface area contributed by atoms with Crippen LogP contribution in [0.2, 0.25) is 0 Å². The summed E-state index contributed by atoms with van der Waals surface area (Å²) in [5.74, 6) is 0.0679. The minimum absolute atomic E-state index is 0.179. The van der Waals surface area contributed by atoms with Gasteiger partial charge >= 0.3 is 5.97 Å². The monoisotopic (exact) mass is 347 g/mol. The molecule has 0 aliphatic carbocycles. The second-order valence-electron chi connectivity index (χ2n) is 4.25. The lowest BCUT2D eigenvalue weighted by atomic mass is 10.1. The van der Waals surface area contributed by atoms with Gasteiger partial charge in [-0.05, 0) is 36.8 Å². The molecule has 0 N–H and O–H groups in total. The van der Waals surface area contributed by atoms with E-state index in [1.54, 1.807) is 19.1 Å². The Morgan fingerprint density at radius 2 is 1.76 bits per heavy atom. The highest BCUT2D eigenvalue weighted by Gasteiger charge is 2.05. The first kappa shape index (κ1) is 15.3. The molecule has 0 bridgehead atoms. The van der Waals surface area contributed by atoms with Crippen LogP contribution < -0.4 is 4.74 Å². The highest BCUT2D eigenvalue weighted by molar-refractivity contribution is 9.10. The Hall–Kier alpha value is -2.14. The quantitative estimate of drug-likeness (QED) is 0.469. The van der Waals surface area contributed by atoms with Gasteiger partial charge in [0.15, 0.2) is 6.61 Å². The molecule has 0 aromatic heterocycles. The number of halogens is 1. The molecule has 0 saturated carbocycles. The van der Waals surface area contributed by atoms with E-state index in [0.29, 0.717) is 11.5 Å². The fourth-order valence-electron chi connectivity index (χ4n) is 1.55. The summed E-state index contributed by atoms with van der Waals surface area (Å²) in [5, 5.41) is 3.81. The summed E-state index contributed by atoms with van der Waals surface area (Å²) in [6.07, 6.45) is 0. The number of rotatable bonds is 5. The van der Waals surface area contributed by atoms with Crippen molar-refractivity contribution in [3.05, 3.63) is 64.6 Å². The average Bonchev–Trinajstić information content (AvgIpc) is 2.52. The van der Waals surface area contributed by atoms with Crippen LogP contribution in [-0.4, -0.2) is 18.3 Å². The Balaban J connectivity index is 1.85. The largest absolute Gasteiger partial charge is 0.482 e. The Morgan fingerprint density at radius 3 is 2.43 bits per heavy atom. The fraction of sp³-hybridized carbons (Fsp3) is 0.125. The first-order valence-electron chi connectivity index (χ1n) is 6.33. The van der Waals surface area contributed by atoms with Gasteiger partial charge in [0, 0.05) is 4.47 Å². The number of ether oxygens (including phenoxy) is 1. The number of hydrogen-bond acceptors (Lipinski definition) is 4. The first-order chi connectivity index (χ1) is 10.1. The third-order valence-electron chi connectivity index (χ3n) is 2.65. The highest BCUT2D eigenvalue weighted by Crippen LogP contribution is 2.11. The molecule has 0 radical (unpaired) electrons. The molecule has 0 unspecified atom stereocenters. The van der Waals surface area contributed by atoms with Gasteiger partial charge in [-0.2, -0.15) is 0 Å². The zero-order valence-electron chi connectivity index (χ0n) is 11.5. The van der Waals surface area contributed by atoms with Gasteiger partial charge in [0.25, 0.3) is 0 Å². The van der Waals surface area contributed by atoms with Crippen molar-refractivity contribution in [1.82, 2.24) is 0 Å². The zero-order valence-corrected chi connectivity index (χ0v) is 13.0. The van der Waals surface area contributed by atoms with Crippen molar-refractivity contribution in [1.29, 1.82) is 0 Å². The van der Waals surface area contributed by atoms with Gasteiger partial charge < -0.3 is 9.57 Å². The maximum absolute atomic E-state index is 11.5. The second-order valence-corrected chi connectivity index (χ2v) is 5.16. The van der Waals surface area contributed by atoms with E-state index in [4.69, 9.17) is 9.57 Å². The number of hydrogen-bond donors (Lipinski definition) is 0. The third-order valence-corrected chi connectivity index (χ3v) is 3.17. The summed E-state index contributed by atoms with van der Waals surface area (Å²) in [6, 6.07) is 16.6. The number of nitrogens with zero attached hydrogens (tertiary/aromatic N) is 1. The van der Waals surface area contributed by atoms with Crippen molar-refractivity contribution in [2.75, 3.05) is 6.61 Å². The lowest BCUT2D eigenvalue weighted by Crippen LogP contribution is -2.13. The molecule has 0 saturated heterocycles. The van der Waals surface area contributed by atoms with E-state index in [1.807, 2.05) is 42.5 Å². The molecular formula is C16H14BrNO3. The van der Waals surface area contributed by atoms with Crippen LogP contribution in [0.1, 0.15) is 12.5 Å². The van der Waals surface area contributed by atoms with Crippen molar-refractivity contribution in [3.63, 3.8) is 0 Å². The Bertz CT molecular complexity index is 624. The summed E-state index contributed by atoms with van der Waals surface area (Å²) in [7, 11) is 0. The van der Waals surface area contributed by atoms with Gasteiger partial charge in [-0.3, -0.25) is 0 Å². The van der Waals surface area contributed by atoms with Gasteiger partial charge in [-0.25, -0.2) is 4.79 Å². The number of carbonyl (C=O) groups is 1. The van der Waals surface area contributed by atoms with E-state index in [2.05, 4.69) is 21.1 Å². The molecule has 0 amide bonds. The second kappa shape index (κ2) is 7.59. The minimum atomic E-state index is -0.546. The molecule has 0 fully saturated rings. The molecule has 2 aromatic rings. The molecule has 108 valence electrons. The minimum Gasteiger partial charge on any atom is -0.482 e. The lowest BCUT2D eigenvalue weighted by Gasteiger charge is -2.04. The fourth-order valence-corrected chi connectivity index (χ4v) is 1.81. The van der Waals surface area contributed by atoms with Gasteiger partial charge in [-0.1, -0.05) is 51.4 Å². The van der Waals surface area contributed by atoms with Crippen LogP contribution in [0.15, 0.2) is 64.2 Å². The summed E-state index contributed by atoms with van der Waals surface area (Å²) in [6.45, 7) is 1.59. The standard InChI is InChI=1S/C16H14BrNO3/c1-12(13-7-9-14(17)10-8-13)18-21-16(19)11-20-15-5-3-2-4-6-15/h2-10H,11H2,1H3. The Morgan fingerprint density at radius 1 is 1.10 bits per heavy atom. The SMILES string of the molecule is CC(=NOC(=O)COc1ccccc1)c1ccc(Br)cc1. The molecule has 2 rings (SSSR count). The molecule has 0 aliphatic rings. The van der Waals surface area contributed by atoms with Crippen molar-refractivity contribution < 1.29 is 14.4 Å². The van der Waals surface area contributed by atoms with Crippen LogP contribution in [0.3, 0.4) is 0 Å². The maximum Gasteiger partial charge on any atom is 0.372 e. The van der Waals surface area contributed by atoms with Crippen LogP contribution in [0, 0.1) is 0 Å². The third kappa shape index (κ3) is 5.04. The first-order valence-corrected chi connectivity index (χ1v) is 7.12. The number of benzene rings is 2. The number of para-hydroxylation sites is 1. The predicted molar refractivity (Wildman–Crippen MR) is 84.4 cm³/mol. The molecule has 0 atom stereocenters. The molecule has 5 heteroatoms. The van der Waals surface area contributed by atoms with Gasteiger partial charge in [0.2, 0.25) is 0 Å². The Kier molecular flexibility index (Phi) is 5.51. The van der Waals surface area contributed by atoms with Crippen LogP contribution in [0.4, 0.5) is 0 Å². The van der Waals surface area contributed by atoms with Crippen LogP contribution in [0.5, 0.6) is 5.75 Å². The van der Waals surface area contributed by atoms with Crippen molar-refractivity contribution in [3.8, 4) is 5.75 Å². The maximum atomic E-state index is 11.5. The zero-order chi connectivity index (χ0) is 15.1. The van der Waals surface area contributed by atoms with Gasteiger partial charge in [0.1, 0.15) is 5.75 Å². The van der Waals surface area contributed by atoms with Crippen molar-refractivity contribution >= 4 is 27.6 Å². The molecule has 0 spiro atoms. The van der Waals surface area contributed by atoms with Crippen LogP contribution in [0.25, 0.3) is 0 Å². The normalized spacial score (nSPS) is 11.0. The smallest absolute Gasteiger partial charge is 0.372 e. The molecule has 2 aromatic carbocycles. The van der Waals surface area contributed by atoms with E-state index < -0.39 is 5.97 Å².